The molecule has 0 aromatic heterocycles. The number of rotatable bonds is 3. The predicted molar refractivity (Wildman–Crippen MR) is 31.3 cm³/mol. The third kappa shape index (κ3) is 4.85. The van der Waals surface area contributed by atoms with E-state index in [0.717, 1.165) is 0 Å². The molecule has 0 aliphatic rings. The van der Waals surface area contributed by atoms with E-state index in [1.165, 1.54) is 0 Å². The first-order valence-electron chi connectivity index (χ1n) is 2.51. The van der Waals surface area contributed by atoms with Gasteiger partial charge in [-0.05, 0) is 0 Å². The van der Waals surface area contributed by atoms with E-state index >= 15 is 0 Å². The second-order valence-corrected chi connectivity index (χ2v) is 1.41. The van der Waals surface area contributed by atoms with Crippen LogP contribution in [0.3, 0.4) is 0 Å². The summed E-state index contributed by atoms with van der Waals surface area (Å²) in [6.45, 7) is -0.961. The molecule has 6 heteroatoms. The van der Waals surface area contributed by atoms with Crippen molar-refractivity contribution in [2.75, 3.05) is 13.3 Å². The van der Waals surface area contributed by atoms with E-state index in [1.807, 2.05) is 10.6 Å². The number of aliphatic hydroxyl groups excluding tert-OH is 1. The molecule has 0 fully saturated rings. The van der Waals surface area contributed by atoms with Crippen molar-refractivity contribution in [2.24, 2.45) is 0 Å². The molecule has 0 spiro atoms. The third-order valence-electron chi connectivity index (χ3n) is 0.640. The maximum atomic E-state index is 10.3. The molecule has 58 valence electrons. The van der Waals surface area contributed by atoms with Gasteiger partial charge in [-0.3, -0.25) is 4.79 Å². The van der Waals surface area contributed by atoms with Gasteiger partial charge >= 0.3 is 12.0 Å². The van der Waals surface area contributed by atoms with Crippen molar-refractivity contribution in [1.82, 2.24) is 10.6 Å². The highest BCUT2D eigenvalue weighted by Gasteiger charge is 1.99. The van der Waals surface area contributed by atoms with Crippen LogP contribution in [0.5, 0.6) is 0 Å². The molecule has 6 nitrogen and oxygen atoms in total. The van der Waals surface area contributed by atoms with Crippen LogP contribution in [0.4, 0.5) is 4.79 Å². The fourth-order valence-electron chi connectivity index (χ4n) is 0.290. The van der Waals surface area contributed by atoms with E-state index in [9.17, 15) is 9.59 Å². The largest absolute Gasteiger partial charge is 0.480 e. The van der Waals surface area contributed by atoms with Gasteiger partial charge in [0.2, 0.25) is 0 Å². The number of carbonyl (C=O) groups is 2. The average Bonchev–Trinajstić information content (AvgIpc) is 1.85. The van der Waals surface area contributed by atoms with Crippen molar-refractivity contribution in [3.63, 3.8) is 0 Å². The van der Waals surface area contributed by atoms with Gasteiger partial charge in [0.05, 0.1) is 0 Å². The van der Waals surface area contributed by atoms with Crippen LogP contribution in [-0.2, 0) is 4.79 Å². The molecule has 0 aliphatic carbocycles. The molecular formula is C4H8N2O4. The Kier molecular flexibility index (Phi) is 3.97. The molecule has 0 unspecified atom stereocenters. The number of hydrogen-bond acceptors (Lipinski definition) is 3. The Balaban J connectivity index is 3.30. The number of carboxylic acid groups (broad SMARTS) is 1. The summed E-state index contributed by atoms with van der Waals surface area (Å²) < 4.78 is 0. The Morgan fingerprint density at radius 2 is 1.90 bits per heavy atom. The van der Waals surface area contributed by atoms with Crippen molar-refractivity contribution in [2.45, 2.75) is 0 Å². The van der Waals surface area contributed by atoms with Gasteiger partial charge in [0.25, 0.3) is 0 Å². The summed E-state index contributed by atoms with van der Waals surface area (Å²) in [5, 5.41) is 20.0. The molecule has 0 radical (unpaired) electrons. The summed E-state index contributed by atoms with van der Waals surface area (Å²) >= 11 is 0. The Morgan fingerprint density at radius 1 is 1.30 bits per heavy atom. The minimum atomic E-state index is -1.13. The van der Waals surface area contributed by atoms with Gasteiger partial charge < -0.3 is 20.8 Å². The van der Waals surface area contributed by atoms with Gasteiger partial charge in [-0.1, -0.05) is 0 Å². The molecule has 0 atom stereocenters. The predicted octanol–water partition coefficient (Wildman–Crippen LogP) is -1.68. The van der Waals surface area contributed by atoms with Crippen molar-refractivity contribution >= 4 is 12.0 Å². The van der Waals surface area contributed by atoms with Crippen molar-refractivity contribution in [3.8, 4) is 0 Å². The molecule has 0 aromatic rings. The Hall–Kier alpha value is -1.30. The molecular weight excluding hydrogens is 140 g/mol. The average molecular weight is 148 g/mol. The van der Waals surface area contributed by atoms with Crippen LogP contribution in [0.1, 0.15) is 0 Å². The molecule has 0 heterocycles. The van der Waals surface area contributed by atoms with E-state index in [-0.39, 0.29) is 0 Å². The monoisotopic (exact) mass is 148 g/mol. The highest BCUT2D eigenvalue weighted by atomic mass is 16.4. The van der Waals surface area contributed by atoms with E-state index in [4.69, 9.17) is 10.2 Å². The molecule has 0 rings (SSSR count). The van der Waals surface area contributed by atoms with E-state index < -0.39 is 25.3 Å². The number of aliphatic carboxylic acids is 1. The summed E-state index contributed by atoms with van der Waals surface area (Å²) in [6.07, 6.45) is 0. The SMILES string of the molecule is O=C(O)CNC(=O)NCO. The lowest BCUT2D eigenvalue weighted by Gasteiger charge is -2.00. The van der Waals surface area contributed by atoms with Gasteiger partial charge in [-0.2, -0.15) is 0 Å². The Bertz CT molecular complexity index is 135. The number of nitrogens with one attached hydrogen (secondary N) is 2. The summed E-state index contributed by atoms with van der Waals surface area (Å²) in [5.41, 5.74) is 0. The van der Waals surface area contributed by atoms with Crippen LogP contribution in [0.15, 0.2) is 0 Å². The number of carbonyl (C=O) groups excluding carboxylic acids is 1. The summed E-state index contributed by atoms with van der Waals surface area (Å²) in [5.74, 6) is -1.13. The van der Waals surface area contributed by atoms with Crippen molar-refractivity contribution in [3.05, 3.63) is 0 Å². The van der Waals surface area contributed by atoms with E-state index in [0.29, 0.717) is 0 Å². The number of amides is 2. The number of carboxylic acids is 1. The minimum absolute atomic E-state index is 0.453. The second-order valence-electron chi connectivity index (χ2n) is 1.41. The van der Waals surface area contributed by atoms with Crippen LogP contribution >= 0.6 is 0 Å². The lowest BCUT2D eigenvalue weighted by molar-refractivity contribution is -0.135. The zero-order valence-electron chi connectivity index (χ0n) is 5.13. The quantitative estimate of drug-likeness (QED) is 0.359. The standard InChI is InChI=1S/C4H8N2O4/c7-2-6-4(10)5-1-3(8)9/h7H,1-2H2,(H,8,9)(H2,5,6,10). The fourth-order valence-corrected chi connectivity index (χ4v) is 0.290. The second kappa shape index (κ2) is 4.57. The molecule has 0 saturated carbocycles. The zero-order chi connectivity index (χ0) is 7.98. The van der Waals surface area contributed by atoms with Crippen molar-refractivity contribution in [1.29, 1.82) is 0 Å². The normalized spacial score (nSPS) is 8.50. The first-order valence-corrected chi connectivity index (χ1v) is 2.51. The van der Waals surface area contributed by atoms with Crippen LogP contribution < -0.4 is 10.6 Å². The van der Waals surface area contributed by atoms with Crippen LogP contribution in [-0.4, -0.2) is 35.5 Å². The number of aliphatic hydroxyl groups is 1. The van der Waals surface area contributed by atoms with Gasteiger partial charge in [-0.25, -0.2) is 4.79 Å². The molecule has 10 heavy (non-hydrogen) atoms. The summed E-state index contributed by atoms with van der Waals surface area (Å²) in [6, 6.07) is -0.704. The lowest BCUT2D eigenvalue weighted by Crippen LogP contribution is -2.38. The highest BCUT2D eigenvalue weighted by molar-refractivity contribution is 5.79. The lowest BCUT2D eigenvalue weighted by atomic mass is 10.6. The summed E-state index contributed by atoms with van der Waals surface area (Å²) in [7, 11) is 0. The van der Waals surface area contributed by atoms with Gasteiger partial charge in [0.1, 0.15) is 13.3 Å². The molecule has 2 amide bonds. The van der Waals surface area contributed by atoms with Gasteiger partial charge in [0.15, 0.2) is 0 Å². The Morgan fingerprint density at radius 3 is 2.30 bits per heavy atom. The topological polar surface area (TPSA) is 98.7 Å². The van der Waals surface area contributed by atoms with Crippen LogP contribution in [0.2, 0.25) is 0 Å². The summed E-state index contributed by atoms with van der Waals surface area (Å²) in [4.78, 5) is 20.1. The minimum Gasteiger partial charge on any atom is -0.480 e. The van der Waals surface area contributed by atoms with E-state index in [1.54, 1.807) is 0 Å². The maximum absolute atomic E-state index is 10.3. The molecule has 0 saturated heterocycles. The van der Waals surface area contributed by atoms with E-state index in [2.05, 4.69) is 0 Å². The molecule has 0 bridgehead atoms. The smallest absolute Gasteiger partial charge is 0.323 e. The van der Waals surface area contributed by atoms with Crippen LogP contribution in [0, 0.1) is 0 Å². The molecule has 4 N–H and O–H groups in total. The fraction of sp³-hybridized carbons (Fsp3) is 0.500. The first kappa shape index (κ1) is 8.70. The number of hydrogen-bond donors (Lipinski definition) is 4. The van der Waals surface area contributed by atoms with Gasteiger partial charge in [-0.15, -0.1) is 0 Å². The molecule has 0 aromatic carbocycles. The molecule has 0 aliphatic heterocycles. The highest BCUT2D eigenvalue weighted by Crippen LogP contribution is 1.62. The van der Waals surface area contributed by atoms with Crippen molar-refractivity contribution < 1.29 is 19.8 Å². The maximum Gasteiger partial charge on any atom is 0.323 e. The zero-order valence-corrected chi connectivity index (χ0v) is 5.13. The third-order valence-corrected chi connectivity index (χ3v) is 0.640. The van der Waals surface area contributed by atoms with Gasteiger partial charge in [0, 0.05) is 0 Å². The number of urea groups is 1. The first-order chi connectivity index (χ1) is 4.66. The van der Waals surface area contributed by atoms with Crippen LogP contribution in [0.25, 0.3) is 0 Å². The Labute approximate surface area is 56.8 Å².